The lowest BCUT2D eigenvalue weighted by atomic mass is 10.2. The molecule has 2 N–H and O–H groups in total. The summed E-state index contributed by atoms with van der Waals surface area (Å²) in [6, 6.07) is -2.29. The maximum Gasteiger partial charge on any atom is 0.417 e. The molecule has 0 aromatic carbocycles. The molecule has 0 spiro atoms. The van der Waals surface area contributed by atoms with E-state index in [4.69, 9.17) is 0 Å². The van der Waals surface area contributed by atoms with Crippen LogP contribution in [0.25, 0.3) is 0 Å². The molecule has 0 saturated heterocycles. The Balaban J connectivity index is 2.44. The number of nitrogens with zero attached hydrogens (tertiary/aromatic N) is 1. The molecular weight excluding hydrogens is 239 g/mol. The van der Waals surface area contributed by atoms with Crippen molar-refractivity contribution < 1.29 is 22.8 Å². The number of anilines is 2. The van der Waals surface area contributed by atoms with Gasteiger partial charge in [-0.2, -0.15) is 13.2 Å². The van der Waals surface area contributed by atoms with E-state index in [1.165, 1.54) is 17.8 Å². The molecule has 0 fully saturated rings. The smallest absolute Gasteiger partial charge is 0.363 e. The zero-order valence-electron chi connectivity index (χ0n) is 8.63. The van der Waals surface area contributed by atoms with Gasteiger partial charge >= 0.3 is 6.18 Å². The van der Waals surface area contributed by atoms with Gasteiger partial charge in [0.15, 0.2) is 6.29 Å². The predicted octanol–water partition coefficient (Wildman–Crippen LogP) is 1.13. The number of rotatable bonds is 1. The maximum atomic E-state index is 12.5. The van der Waals surface area contributed by atoms with Gasteiger partial charge < -0.3 is 15.2 Å². The van der Waals surface area contributed by atoms with Crippen LogP contribution in [-0.2, 0) is 11.8 Å². The van der Waals surface area contributed by atoms with Crippen LogP contribution in [0.4, 0.5) is 24.5 Å². The van der Waals surface area contributed by atoms with Crippen molar-refractivity contribution in [3.05, 3.63) is 11.9 Å². The number of aldehydes is 1. The van der Waals surface area contributed by atoms with E-state index in [2.05, 4.69) is 10.6 Å². The van der Waals surface area contributed by atoms with Crippen LogP contribution in [0, 0.1) is 0 Å². The van der Waals surface area contributed by atoms with Gasteiger partial charge in [-0.1, -0.05) is 0 Å². The summed E-state index contributed by atoms with van der Waals surface area (Å²) in [5.41, 5.74) is 0.269. The highest BCUT2D eigenvalue weighted by atomic mass is 19.4. The minimum absolute atomic E-state index is 0.0769. The zero-order valence-corrected chi connectivity index (χ0v) is 8.63. The molecule has 0 radical (unpaired) electrons. The first-order valence-electron chi connectivity index (χ1n) is 4.63. The molecule has 1 unspecified atom stereocenters. The third-order valence-electron chi connectivity index (χ3n) is 2.48. The summed E-state index contributed by atoms with van der Waals surface area (Å²) in [5.74, 6) is -1.22. The minimum Gasteiger partial charge on any atom is -0.363 e. The van der Waals surface area contributed by atoms with Gasteiger partial charge in [0.1, 0.15) is 5.69 Å². The van der Waals surface area contributed by atoms with E-state index in [9.17, 15) is 22.8 Å². The summed E-state index contributed by atoms with van der Waals surface area (Å²) in [4.78, 5) is 22.0. The first-order chi connectivity index (χ1) is 7.84. The van der Waals surface area contributed by atoms with Crippen LogP contribution < -0.4 is 10.6 Å². The molecular formula is C9H8F3N3O2. The molecule has 5 nitrogen and oxygen atoms in total. The third-order valence-corrected chi connectivity index (χ3v) is 2.48. The van der Waals surface area contributed by atoms with Crippen molar-refractivity contribution in [2.24, 2.45) is 7.05 Å². The molecule has 1 atom stereocenters. The number of halogens is 3. The largest absolute Gasteiger partial charge is 0.417 e. The molecule has 1 aromatic rings. The van der Waals surface area contributed by atoms with Crippen molar-refractivity contribution in [3.8, 4) is 0 Å². The van der Waals surface area contributed by atoms with Gasteiger partial charge in [0, 0.05) is 13.2 Å². The van der Waals surface area contributed by atoms with E-state index in [1.807, 2.05) is 0 Å². The zero-order chi connectivity index (χ0) is 12.8. The van der Waals surface area contributed by atoms with Gasteiger partial charge in [-0.05, 0) is 0 Å². The Bertz CT molecular complexity index is 492. The number of alkyl halides is 3. The number of hydrogen-bond acceptors (Lipinski definition) is 3. The number of carbonyl (C=O) groups is 2. The normalized spacial score (nSPS) is 19.3. The molecule has 8 heteroatoms. The van der Waals surface area contributed by atoms with Crippen LogP contribution in [0.1, 0.15) is 10.5 Å². The first kappa shape index (κ1) is 11.5. The van der Waals surface area contributed by atoms with E-state index < -0.39 is 18.1 Å². The number of amides is 1. The minimum atomic E-state index is -4.68. The SMILES string of the molecule is Cn1cc2c(c1C=O)NC(=O)C(C(F)(F)F)N2. The van der Waals surface area contributed by atoms with Crippen molar-refractivity contribution in [1.29, 1.82) is 0 Å². The van der Waals surface area contributed by atoms with E-state index in [-0.39, 0.29) is 17.1 Å². The fourth-order valence-corrected chi connectivity index (χ4v) is 1.67. The Morgan fingerprint density at radius 3 is 2.65 bits per heavy atom. The fourth-order valence-electron chi connectivity index (χ4n) is 1.67. The molecule has 1 aliphatic heterocycles. The van der Waals surface area contributed by atoms with Crippen LogP contribution in [0.5, 0.6) is 0 Å². The molecule has 1 amide bonds. The maximum absolute atomic E-state index is 12.5. The standard InChI is InChI=1S/C9H8F3N3O2/c1-15-2-4-6(5(15)3-16)14-8(17)7(13-4)9(10,11)12/h2-3,7,13H,1H3,(H,14,17). The number of hydrogen-bond donors (Lipinski definition) is 2. The topological polar surface area (TPSA) is 63.1 Å². The summed E-state index contributed by atoms with van der Waals surface area (Å²) in [7, 11) is 1.50. The highest BCUT2D eigenvalue weighted by molar-refractivity contribution is 6.07. The second-order valence-electron chi connectivity index (χ2n) is 3.64. The van der Waals surface area contributed by atoms with Crippen molar-refractivity contribution in [3.63, 3.8) is 0 Å². The van der Waals surface area contributed by atoms with Gasteiger partial charge in [-0.25, -0.2) is 0 Å². The second kappa shape index (κ2) is 3.51. The monoisotopic (exact) mass is 247 g/mol. The molecule has 92 valence electrons. The van der Waals surface area contributed by atoms with Crippen molar-refractivity contribution in [2.45, 2.75) is 12.2 Å². The average molecular weight is 247 g/mol. The van der Waals surface area contributed by atoms with Gasteiger partial charge in [0.25, 0.3) is 5.91 Å². The molecule has 17 heavy (non-hydrogen) atoms. The molecule has 0 saturated carbocycles. The van der Waals surface area contributed by atoms with Gasteiger partial charge in [0.2, 0.25) is 6.04 Å². The summed E-state index contributed by atoms with van der Waals surface area (Å²) in [6.07, 6.45) is -2.90. The Morgan fingerprint density at radius 1 is 1.47 bits per heavy atom. The fraction of sp³-hybridized carbons (Fsp3) is 0.333. The molecule has 0 aliphatic carbocycles. The quantitative estimate of drug-likeness (QED) is 0.731. The average Bonchev–Trinajstić information content (AvgIpc) is 2.50. The Kier molecular flexibility index (Phi) is 2.37. The number of aromatic nitrogens is 1. The lowest BCUT2D eigenvalue weighted by Crippen LogP contribution is -2.48. The van der Waals surface area contributed by atoms with Gasteiger partial charge in [-0.3, -0.25) is 9.59 Å². The van der Waals surface area contributed by atoms with Crippen molar-refractivity contribution in [1.82, 2.24) is 4.57 Å². The van der Waals surface area contributed by atoms with Crippen LogP contribution >= 0.6 is 0 Å². The molecule has 1 aliphatic rings. The van der Waals surface area contributed by atoms with Crippen LogP contribution in [-0.4, -0.2) is 29.0 Å². The predicted molar refractivity (Wildman–Crippen MR) is 52.9 cm³/mol. The third kappa shape index (κ3) is 1.75. The summed E-state index contributed by atoms with van der Waals surface area (Å²) < 4.78 is 38.8. The highest BCUT2D eigenvalue weighted by Gasteiger charge is 2.47. The number of fused-ring (bicyclic) bond motifs is 1. The van der Waals surface area contributed by atoms with Crippen LogP contribution in [0.15, 0.2) is 6.20 Å². The van der Waals surface area contributed by atoms with Crippen LogP contribution in [0.3, 0.4) is 0 Å². The highest BCUT2D eigenvalue weighted by Crippen LogP contribution is 2.35. The summed E-state index contributed by atoms with van der Waals surface area (Å²) >= 11 is 0. The van der Waals surface area contributed by atoms with E-state index in [1.54, 1.807) is 0 Å². The lowest BCUT2D eigenvalue weighted by molar-refractivity contribution is -0.156. The molecule has 0 bridgehead atoms. The van der Waals surface area contributed by atoms with Gasteiger partial charge in [-0.15, -0.1) is 0 Å². The first-order valence-corrected chi connectivity index (χ1v) is 4.63. The summed E-state index contributed by atoms with van der Waals surface area (Å²) in [5, 5.41) is 4.15. The Hall–Kier alpha value is -1.99. The molecule has 2 rings (SSSR count). The van der Waals surface area contributed by atoms with Crippen molar-refractivity contribution in [2.75, 3.05) is 10.6 Å². The van der Waals surface area contributed by atoms with E-state index >= 15 is 0 Å². The summed E-state index contributed by atoms with van der Waals surface area (Å²) in [6.45, 7) is 0. The van der Waals surface area contributed by atoms with Gasteiger partial charge in [0.05, 0.1) is 11.4 Å². The Morgan fingerprint density at radius 2 is 2.12 bits per heavy atom. The molecule has 2 heterocycles. The van der Waals surface area contributed by atoms with E-state index in [0.717, 1.165) is 0 Å². The molecule has 1 aromatic heterocycles. The number of carbonyl (C=O) groups excluding carboxylic acids is 2. The number of nitrogens with one attached hydrogen (secondary N) is 2. The Labute approximate surface area is 93.6 Å². The van der Waals surface area contributed by atoms with E-state index in [0.29, 0.717) is 6.29 Å². The lowest BCUT2D eigenvalue weighted by Gasteiger charge is -2.26. The van der Waals surface area contributed by atoms with Crippen LogP contribution in [0.2, 0.25) is 0 Å². The number of aryl methyl sites for hydroxylation is 1. The second-order valence-corrected chi connectivity index (χ2v) is 3.64. The van der Waals surface area contributed by atoms with Crippen molar-refractivity contribution >= 4 is 23.6 Å².